The van der Waals surface area contributed by atoms with E-state index in [0.717, 1.165) is 5.56 Å². The van der Waals surface area contributed by atoms with Gasteiger partial charge in [-0.05, 0) is 53.9 Å². The van der Waals surface area contributed by atoms with E-state index in [-0.39, 0.29) is 29.5 Å². The Bertz CT molecular complexity index is 1320. The maximum Gasteiger partial charge on any atom is 0.295 e. The Balaban J connectivity index is 1.72. The second-order valence-electron chi connectivity index (χ2n) is 8.41. The average Bonchev–Trinajstić information content (AvgIpc) is 3.13. The van der Waals surface area contributed by atoms with Crippen LogP contribution in [-0.2, 0) is 20.9 Å². The van der Waals surface area contributed by atoms with Crippen molar-refractivity contribution >= 4 is 40.7 Å². The quantitative estimate of drug-likeness (QED) is 0.223. The third-order valence-corrected chi connectivity index (χ3v) is 6.78. The van der Waals surface area contributed by atoms with Crippen molar-refractivity contribution in [2.45, 2.75) is 19.6 Å². The van der Waals surface area contributed by atoms with Crippen molar-refractivity contribution in [3.05, 3.63) is 105 Å². The maximum absolute atomic E-state index is 13.1. The second kappa shape index (κ2) is 11.2. The van der Waals surface area contributed by atoms with Gasteiger partial charge in [0.1, 0.15) is 18.1 Å². The SMILES string of the molecule is COCCN1C(=O)C(=O)/C(=C(/O)c2ccc(OCc3ccccc3)cc2C)C1c1ccc(Cl)c(Cl)c1. The van der Waals surface area contributed by atoms with Crippen molar-refractivity contribution in [3.63, 3.8) is 0 Å². The van der Waals surface area contributed by atoms with Crippen LogP contribution in [0.15, 0.2) is 72.3 Å². The molecule has 1 unspecified atom stereocenters. The van der Waals surface area contributed by atoms with Crippen LogP contribution in [0.2, 0.25) is 10.0 Å². The van der Waals surface area contributed by atoms with E-state index in [2.05, 4.69) is 0 Å². The highest BCUT2D eigenvalue weighted by Gasteiger charge is 2.46. The van der Waals surface area contributed by atoms with Gasteiger partial charge in [-0.1, -0.05) is 59.6 Å². The monoisotopic (exact) mass is 525 g/mol. The second-order valence-corrected chi connectivity index (χ2v) is 9.22. The van der Waals surface area contributed by atoms with Gasteiger partial charge in [0.25, 0.3) is 11.7 Å². The normalized spacial score (nSPS) is 17.0. The van der Waals surface area contributed by atoms with E-state index in [1.54, 1.807) is 43.3 Å². The number of Topliss-reactive ketones (excluding diaryl/α,β-unsaturated/α-hetero) is 1. The molecular formula is C28H25Cl2NO5. The van der Waals surface area contributed by atoms with Crippen LogP contribution in [0.4, 0.5) is 0 Å². The summed E-state index contributed by atoms with van der Waals surface area (Å²) in [5.41, 5.74) is 2.68. The molecule has 0 spiro atoms. The summed E-state index contributed by atoms with van der Waals surface area (Å²) in [6, 6.07) is 19.0. The summed E-state index contributed by atoms with van der Waals surface area (Å²) in [4.78, 5) is 27.5. The van der Waals surface area contributed by atoms with Gasteiger partial charge in [0.15, 0.2) is 0 Å². The number of carbonyl (C=O) groups excluding carboxylic acids is 2. The fraction of sp³-hybridized carbons (Fsp3) is 0.214. The number of rotatable bonds is 8. The van der Waals surface area contributed by atoms with Gasteiger partial charge in [0.2, 0.25) is 0 Å². The Kier molecular flexibility index (Phi) is 7.99. The lowest BCUT2D eigenvalue weighted by Gasteiger charge is -2.25. The number of hydrogen-bond donors (Lipinski definition) is 1. The lowest BCUT2D eigenvalue weighted by molar-refractivity contribution is -0.140. The molecule has 1 saturated heterocycles. The molecule has 1 aliphatic heterocycles. The minimum Gasteiger partial charge on any atom is -0.507 e. The van der Waals surface area contributed by atoms with Crippen LogP contribution < -0.4 is 4.74 Å². The molecule has 0 aromatic heterocycles. The van der Waals surface area contributed by atoms with E-state index < -0.39 is 17.7 Å². The number of carbonyl (C=O) groups is 2. The van der Waals surface area contributed by atoms with Crippen molar-refractivity contribution < 1.29 is 24.2 Å². The molecule has 0 bridgehead atoms. The molecule has 4 rings (SSSR count). The standard InChI is InChI=1S/C28H25Cl2NO5/c1-17-14-20(36-16-18-6-4-3-5-7-18)9-10-21(17)26(32)24-25(19-8-11-22(29)23(30)15-19)31(12-13-35-2)28(34)27(24)33/h3-11,14-15,25,32H,12-13,16H2,1-2H3/b26-24+. The third kappa shape index (κ3) is 5.26. The Morgan fingerprint density at radius 3 is 2.42 bits per heavy atom. The summed E-state index contributed by atoms with van der Waals surface area (Å²) in [5, 5.41) is 12.0. The summed E-state index contributed by atoms with van der Waals surface area (Å²) in [5.74, 6) is -1.14. The van der Waals surface area contributed by atoms with Crippen LogP contribution in [0, 0.1) is 6.92 Å². The van der Waals surface area contributed by atoms with Crippen molar-refractivity contribution in [3.8, 4) is 5.75 Å². The lowest BCUT2D eigenvalue weighted by atomic mass is 9.94. The molecular weight excluding hydrogens is 501 g/mol. The summed E-state index contributed by atoms with van der Waals surface area (Å²) in [7, 11) is 1.51. The van der Waals surface area contributed by atoms with E-state index in [9.17, 15) is 14.7 Å². The van der Waals surface area contributed by atoms with Gasteiger partial charge < -0.3 is 19.5 Å². The predicted molar refractivity (Wildman–Crippen MR) is 139 cm³/mol. The van der Waals surface area contributed by atoms with Crippen molar-refractivity contribution in [1.29, 1.82) is 0 Å². The summed E-state index contributed by atoms with van der Waals surface area (Å²) in [6.45, 7) is 2.58. The van der Waals surface area contributed by atoms with E-state index in [0.29, 0.717) is 34.1 Å². The number of nitrogens with zero attached hydrogens (tertiary/aromatic N) is 1. The van der Waals surface area contributed by atoms with Gasteiger partial charge in [0, 0.05) is 19.2 Å². The molecule has 6 nitrogen and oxygen atoms in total. The van der Waals surface area contributed by atoms with Crippen LogP contribution in [0.1, 0.15) is 28.3 Å². The topological polar surface area (TPSA) is 76.1 Å². The van der Waals surface area contributed by atoms with Gasteiger partial charge in [-0.3, -0.25) is 9.59 Å². The molecule has 1 fully saturated rings. The van der Waals surface area contributed by atoms with Gasteiger partial charge in [0.05, 0.1) is 28.3 Å². The number of benzene rings is 3. The highest BCUT2D eigenvalue weighted by atomic mass is 35.5. The van der Waals surface area contributed by atoms with E-state index in [1.807, 2.05) is 30.3 Å². The zero-order chi connectivity index (χ0) is 25.8. The highest BCUT2D eigenvalue weighted by Crippen LogP contribution is 2.41. The molecule has 1 atom stereocenters. The van der Waals surface area contributed by atoms with E-state index >= 15 is 0 Å². The van der Waals surface area contributed by atoms with Crippen LogP contribution in [0.25, 0.3) is 5.76 Å². The number of ketones is 1. The molecule has 0 saturated carbocycles. The predicted octanol–water partition coefficient (Wildman–Crippen LogP) is 5.95. The van der Waals surface area contributed by atoms with Gasteiger partial charge >= 0.3 is 0 Å². The Labute approximate surface area is 219 Å². The minimum absolute atomic E-state index is 0.0180. The summed E-state index contributed by atoms with van der Waals surface area (Å²) in [6.07, 6.45) is 0. The largest absolute Gasteiger partial charge is 0.507 e. The fourth-order valence-electron chi connectivity index (χ4n) is 4.21. The average molecular weight is 526 g/mol. The molecule has 1 aliphatic rings. The van der Waals surface area contributed by atoms with Crippen LogP contribution >= 0.6 is 23.2 Å². The number of hydrogen-bond acceptors (Lipinski definition) is 5. The Morgan fingerprint density at radius 2 is 1.75 bits per heavy atom. The first-order valence-corrected chi connectivity index (χ1v) is 12.1. The number of halogens is 2. The first-order valence-electron chi connectivity index (χ1n) is 11.3. The molecule has 3 aromatic rings. The molecule has 1 heterocycles. The zero-order valence-corrected chi connectivity index (χ0v) is 21.3. The third-order valence-electron chi connectivity index (χ3n) is 6.04. The number of amides is 1. The molecule has 186 valence electrons. The van der Waals surface area contributed by atoms with Crippen LogP contribution in [0.3, 0.4) is 0 Å². The molecule has 8 heteroatoms. The van der Waals surface area contributed by atoms with Crippen LogP contribution in [-0.4, -0.2) is 42.0 Å². The van der Waals surface area contributed by atoms with Crippen molar-refractivity contribution in [2.24, 2.45) is 0 Å². The van der Waals surface area contributed by atoms with Crippen LogP contribution in [0.5, 0.6) is 5.75 Å². The van der Waals surface area contributed by atoms with Gasteiger partial charge in [-0.25, -0.2) is 0 Å². The van der Waals surface area contributed by atoms with Crippen molar-refractivity contribution in [1.82, 2.24) is 4.90 Å². The first-order chi connectivity index (χ1) is 17.3. The number of aliphatic hydroxyl groups is 1. The summed E-state index contributed by atoms with van der Waals surface area (Å²) >= 11 is 12.3. The highest BCUT2D eigenvalue weighted by molar-refractivity contribution is 6.47. The fourth-order valence-corrected chi connectivity index (χ4v) is 4.51. The molecule has 1 amide bonds. The lowest BCUT2D eigenvalue weighted by Crippen LogP contribution is -2.32. The molecule has 36 heavy (non-hydrogen) atoms. The minimum atomic E-state index is -0.844. The van der Waals surface area contributed by atoms with Gasteiger partial charge in [-0.2, -0.15) is 0 Å². The number of aryl methyl sites for hydroxylation is 1. The number of aliphatic hydroxyl groups excluding tert-OH is 1. The molecule has 0 radical (unpaired) electrons. The van der Waals surface area contributed by atoms with Crippen molar-refractivity contribution in [2.75, 3.05) is 20.3 Å². The molecule has 1 N–H and O–H groups in total. The van der Waals surface area contributed by atoms with E-state index in [4.69, 9.17) is 32.7 Å². The number of methoxy groups -OCH3 is 1. The Morgan fingerprint density at radius 1 is 1.00 bits per heavy atom. The number of likely N-dealkylation sites (tertiary alicyclic amines) is 1. The van der Waals surface area contributed by atoms with E-state index in [1.165, 1.54) is 12.0 Å². The summed E-state index contributed by atoms with van der Waals surface area (Å²) < 4.78 is 11.0. The zero-order valence-electron chi connectivity index (χ0n) is 19.8. The molecule has 0 aliphatic carbocycles. The molecule has 3 aromatic carbocycles. The maximum atomic E-state index is 13.1. The first kappa shape index (κ1) is 25.8. The Hall–Kier alpha value is -3.32. The van der Waals surface area contributed by atoms with Gasteiger partial charge in [-0.15, -0.1) is 0 Å². The number of ether oxygens (including phenoxy) is 2. The smallest absolute Gasteiger partial charge is 0.295 e.